The van der Waals surface area contributed by atoms with E-state index in [4.69, 9.17) is 11.6 Å². The van der Waals surface area contributed by atoms with E-state index in [0.717, 1.165) is 28.8 Å². The van der Waals surface area contributed by atoms with Gasteiger partial charge in [0.2, 0.25) is 5.78 Å². The summed E-state index contributed by atoms with van der Waals surface area (Å²) in [6.07, 6.45) is 3.45. The van der Waals surface area contributed by atoms with Gasteiger partial charge in [-0.15, -0.1) is 11.3 Å². The topological polar surface area (TPSA) is 17.1 Å². The lowest BCUT2D eigenvalue weighted by atomic mass is 10.0. The molecule has 1 heterocycles. The zero-order valence-corrected chi connectivity index (χ0v) is 11.7. The fourth-order valence-corrected chi connectivity index (χ4v) is 3.59. The molecule has 0 atom stereocenters. The predicted octanol–water partition coefficient (Wildman–Crippen LogP) is 4.43. The third-order valence-corrected chi connectivity index (χ3v) is 5.00. The minimum absolute atomic E-state index is 0.0877. The maximum atomic E-state index is 12.4. The molecule has 0 unspecified atom stereocenters. The van der Waals surface area contributed by atoms with Crippen LogP contribution in [0.2, 0.25) is 4.34 Å². The Morgan fingerprint density at radius 1 is 1.22 bits per heavy atom. The zero-order valence-electron chi connectivity index (χ0n) is 10.1. The molecule has 1 aromatic carbocycles. The molecule has 0 bridgehead atoms. The van der Waals surface area contributed by atoms with Crippen molar-refractivity contribution in [1.82, 2.24) is 0 Å². The van der Waals surface area contributed by atoms with E-state index >= 15 is 0 Å². The van der Waals surface area contributed by atoms with Gasteiger partial charge in [0.05, 0.1) is 9.21 Å². The van der Waals surface area contributed by atoms with Gasteiger partial charge in [-0.3, -0.25) is 4.79 Å². The van der Waals surface area contributed by atoms with E-state index < -0.39 is 0 Å². The first-order valence-electron chi connectivity index (χ1n) is 6.07. The zero-order chi connectivity index (χ0) is 12.7. The van der Waals surface area contributed by atoms with Crippen molar-refractivity contribution in [3.63, 3.8) is 0 Å². The number of carbonyl (C=O) groups excluding carboxylic acids is 1. The Labute approximate surface area is 115 Å². The molecule has 0 amide bonds. The minimum Gasteiger partial charge on any atom is -0.288 e. The Balaban J connectivity index is 1.97. The molecule has 0 spiro atoms. The van der Waals surface area contributed by atoms with Gasteiger partial charge in [0, 0.05) is 5.56 Å². The van der Waals surface area contributed by atoms with Gasteiger partial charge in [-0.25, -0.2) is 0 Å². The van der Waals surface area contributed by atoms with Gasteiger partial charge in [0.15, 0.2) is 0 Å². The fraction of sp³-hybridized carbons (Fsp3) is 0.267. The fourth-order valence-electron chi connectivity index (χ4n) is 2.43. The number of aryl methyl sites for hydroxylation is 3. The summed E-state index contributed by atoms with van der Waals surface area (Å²) in [5.74, 6) is 0.0877. The molecule has 92 valence electrons. The Kier molecular flexibility index (Phi) is 3.00. The van der Waals surface area contributed by atoms with E-state index in [-0.39, 0.29) is 5.78 Å². The Morgan fingerprint density at radius 3 is 2.72 bits per heavy atom. The number of rotatable bonds is 2. The van der Waals surface area contributed by atoms with Crippen LogP contribution < -0.4 is 0 Å². The summed E-state index contributed by atoms with van der Waals surface area (Å²) in [6.45, 7) is 1.93. The molecule has 1 aromatic heterocycles. The molecule has 0 saturated carbocycles. The smallest absolute Gasteiger partial charge is 0.203 e. The summed E-state index contributed by atoms with van der Waals surface area (Å²) in [5, 5.41) is 0. The molecule has 0 aliphatic heterocycles. The molecule has 3 heteroatoms. The van der Waals surface area contributed by atoms with Crippen LogP contribution in [0.5, 0.6) is 0 Å². The van der Waals surface area contributed by atoms with Crippen LogP contribution in [0, 0.1) is 6.92 Å². The monoisotopic (exact) mass is 276 g/mol. The largest absolute Gasteiger partial charge is 0.288 e. The molecular formula is C15H13ClOS. The van der Waals surface area contributed by atoms with Crippen molar-refractivity contribution in [2.45, 2.75) is 26.2 Å². The quantitative estimate of drug-likeness (QED) is 0.742. The number of carbonyl (C=O) groups is 1. The van der Waals surface area contributed by atoms with Crippen LogP contribution in [0.25, 0.3) is 0 Å². The molecule has 2 aromatic rings. The summed E-state index contributed by atoms with van der Waals surface area (Å²) < 4.78 is 0.708. The molecule has 1 aliphatic rings. The molecule has 0 radical (unpaired) electrons. The van der Waals surface area contributed by atoms with Crippen molar-refractivity contribution in [2.75, 3.05) is 0 Å². The van der Waals surface area contributed by atoms with Crippen molar-refractivity contribution in [3.05, 3.63) is 55.7 Å². The molecule has 3 rings (SSSR count). The third kappa shape index (κ3) is 2.00. The van der Waals surface area contributed by atoms with Gasteiger partial charge >= 0.3 is 0 Å². The van der Waals surface area contributed by atoms with Gasteiger partial charge in [0.25, 0.3) is 0 Å². The Morgan fingerprint density at radius 2 is 2.00 bits per heavy atom. The van der Waals surface area contributed by atoms with Crippen LogP contribution in [0.3, 0.4) is 0 Å². The van der Waals surface area contributed by atoms with E-state index in [0.29, 0.717) is 4.34 Å². The summed E-state index contributed by atoms with van der Waals surface area (Å²) >= 11 is 7.39. The van der Waals surface area contributed by atoms with Crippen molar-refractivity contribution in [2.24, 2.45) is 0 Å². The number of hydrogen-bond donors (Lipinski definition) is 0. The number of ketones is 1. The van der Waals surface area contributed by atoms with E-state index in [2.05, 4.69) is 6.07 Å². The standard InChI is InChI=1S/C15H13ClOS/c1-9-7-13(18-15(9)16)14(17)12-6-5-10-3-2-4-11(10)8-12/h5-8H,2-4H2,1H3. The first-order chi connectivity index (χ1) is 8.65. The van der Waals surface area contributed by atoms with Crippen LogP contribution in [0.4, 0.5) is 0 Å². The van der Waals surface area contributed by atoms with Crippen molar-refractivity contribution in [1.29, 1.82) is 0 Å². The number of hydrogen-bond acceptors (Lipinski definition) is 2. The lowest BCUT2D eigenvalue weighted by molar-refractivity contribution is 0.104. The molecule has 0 N–H and O–H groups in total. The van der Waals surface area contributed by atoms with E-state index in [9.17, 15) is 4.79 Å². The Hall–Kier alpha value is -1.12. The second-order valence-electron chi connectivity index (χ2n) is 4.73. The lowest BCUT2D eigenvalue weighted by Crippen LogP contribution is -1.99. The Bertz CT molecular complexity index is 608. The van der Waals surface area contributed by atoms with Crippen molar-refractivity contribution < 1.29 is 4.79 Å². The first kappa shape index (κ1) is 11.9. The van der Waals surface area contributed by atoms with Crippen LogP contribution in [-0.2, 0) is 12.8 Å². The van der Waals surface area contributed by atoms with Crippen molar-refractivity contribution in [3.8, 4) is 0 Å². The first-order valence-corrected chi connectivity index (χ1v) is 7.27. The van der Waals surface area contributed by atoms with E-state index in [1.807, 2.05) is 25.1 Å². The number of fused-ring (bicyclic) bond motifs is 1. The number of halogens is 1. The maximum Gasteiger partial charge on any atom is 0.203 e. The van der Waals surface area contributed by atoms with E-state index in [1.54, 1.807) is 0 Å². The number of benzene rings is 1. The average Bonchev–Trinajstić information content (AvgIpc) is 2.95. The second-order valence-corrected chi connectivity index (χ2v) is 6.39. The van der Waals surface area contributed by atoms with Gasteiger partial charge < -0.3 is 0 Å². The lowest BCUT2D eigenvalue weighted by Gasteiger charge is -2.02. The summed E-state index contributed by atoms with van der Waals surface area (Å²) in [7, 11) is 0. The van der Waals surface area contributed by atoms with Crippen LogP contribution >= 0.6 is 22.9 Å². The van der Waals surface area contributed by atoms with Gasteiger partial charge in [-0.1, -0.05) is 23.7 Å². The predicted molar refractivity (Wildman–Crippen MR) is 76.0 cm³/mol. The summed E-state index contributed by atoms with van der Waals surface area (Å²) in [5.41, 5.74) is 4.49. The van der Waals surface area contributed by atoms with E-state index in [1.165, 1.54) is 28.9 Å². The normalized spacial score (nSPS) is 13.7. The SMILES string of the molecule is Cc1cc(C(=O)c2ccc3c(c2)CCC3)sc1Cl. The molecule has 1 nitrogen and oxygen atoms in total. The molecule has 1 aliphatic carbocycles. The van der Waals surface area contributed by atoms with Gasteiger partial charge in [-0.2, -0.15) is 0 Å². The van der Waals surface area contributed by atoms with Gasteiger partial charge in [0.1, 0.15) is 0 Å². The summed E-state index contributed by atoms with van der Waals surface area (Å²) in [4.78, 5) is 13.1. The van der Waals surface area contributed by atoms with Crippen molar-refractivity contribution >= 4 is 28.7 Å². The third-order valence-electron chi connectivity index (χ3n) is 3.44. The highest BCUT2D eigenvalue weighted by Crippen LogP contribution is 2.30. The number of thiophene rings is 1. The van der Waals surface area contributed by atoms with Crippen LogP contribution in [-0.4, -0.2) is 5.78 Å². The highest BCUT2D eigenvalue weighted by Gasteiger charge is 2.17. The highest BCUT2D eigenvalue weighted by atomic mass is 35.5. The van der Waals surface area contributed by atoms with Crippen LogP contribution in [0.1, 0.15) is 38.3 Å². The highest BCUT2D eigenvalue weighted by molar-refractivity contribution is 7.18. The average molecular weight is 277 g/mol. The molecule has 18 heavy (non-hydrogen) atoms. The molecule has 0 fully saturated rings. The maximum absolute atomic E-state index is 12.4. The second kappa shape index (κ2) is 4.52. The molecular weight excluding hydrogens is 264 g/mol. The minimum atomic E-state index is 0.0877. The summed E-state index contributed by atoms with van der Waals surface area (Å²) in [6, 6.07) is 7.96. The van der Waals surface area contributed by atoms with Gasteiger partial charge in [-0.05, 0) is 55.0 Å². The molecule has 0 saturated heterocycles. The van der Waals surface area contributed by atoms with Crippen LogP contribution in [0.15, 0.2) is 24.3 Å².